The van der Waals surface area contributed by atoms with Crippen molar-refractivity contribution in [2.24, 2.45) is 0 Å². The number of sulfonamides is 1. The van der Waals surface area contributed by atoms with Crippen molar-refractivity contribution in [1.82, 2.24) is 4.72 Å². The minimum atomic E-state index is -3.65. The molecule has 5 nitrogen and oxygen atoms in total. The maximum Gasteiger partial charge on any atom is 0.263 e. The van der Waals surface area contributed by atoms with E-state index in [1.165, 1.54) is 12.1 Å². The van der Waals surface area contributed by atoms with Gasteiger partial charge in [-0.2, -0.15) is 0 Å². The first kappa shape index (κ1) is 17.6. The van der Waals surface area contributed by atoms with Crippen molar-refractivity contribution >= 4 is 16.4 Å². The third-order valence-corrected chi connectivity index (χ3v) is 3.45. The number of ether oxygens (including phenoxy) is 1. The van der Waals surface area contributed by atoms with E-state index in [9.17, 15) is 13.2 Å². The van der Waals surface area contributed by atoms with Gasteiger partial charge in [0.2, 0.25) is 6.41 Å². The summed E-state index contributed by atoms with van der Waals surface area (Å²) in [6.45, 7) is 7.91. The predicted octanol–water partition coefficient (Wildman–Crippen LogP) is 1.86. The molecular weight excluding hydrogens is 266 g/mol. The van der Waals surface area contributed by atoms with Gasteiger partial charge in [0.05, 0.1) is 10.5 Å². The fraction of sp³-hybridized carbons (Fsp3) is 0.462. The molecule has 6 heteroatoms. The Hall–Kier alpha value is -1.40. The van der Waals surface area contributed by atoms with E-state index in [0.29, 0.717) is 0 Å². The van der Waals surface area contributed by atoms with Gasteiger partial charge in [0.25, 0.3) is 10.0 Å². The molecule has 0 aromatic heterocycles. The van der Waals surface area contributed by atoms with Crippen LogP contribution in [0.2, 0.25) is 0 Å². The number of hydrogen-bond acceptors (Lipinski definition) is 4. The quantitative estimate of drug-likeness (QED) is 0.861. The zero-order chi connectivity index (χ0) is 15.1. The van der Waals surface area contributed by atoms with Crippen LogP contribution in [-0.4, -0.2) is 27.5 Å². The Bertz CT molecular complexity index is 486. The summed E-state index contributed by atoms with van der Waals surface area (Å²) >= 11 is 0. The number of aryl methyl sites for hydroxylation is 1. The lowest BCUT2D eigenvalue weighted by molar-refractivity contribution is -0.108. The second-order valence-corrected chi connectivity index (χ2v) is 6.58. The Labute approximate surface area is 115 Å². The first-order chi connectivity index (χ1) is 8.62. The molecule has 0 saturated carbocycles. The molecule has 19 heavy (non-hydrogen) atoms. The third kappa shape index (κ3) is 7.58. The summed E-state index contributed by atoms with van der Waals surface area (Å²) in [5.74, 6) is 0. The molecule has 108 valence electrons. The zero-order valence-electron chi connectivity index (χ0n) is 11.9. The van der Waals surface area contributed by atoms with Gasteiger partial charge < -0.3 is 4.74 Å². The molecular formula is C13H21NO4S. The van der Waals surface area contributed by atoms with Crippen LogP contribution in [-0.2, 0) is 19.6 Å². The molecule has 1 rings (SSSR count). The van der Waals surface area contributed by atoms with E-state index in [1.807, 2.05) is 27.7 Å². The summed E-state index contributed by atoms with van der Waals surface area (Å²) in [7, 11) is -1.94. The number of amides is 1. The topological polar surface area (TPSA) is 72.5 Å². The lowest BCUT2D eigenvalue weighted by Gasteiger charge is -2.14. The van der Waals surface area contributed by atoms with Crippen LogP contribution in [0.15, 0.2) is 29.2 Å². The van der Waals surface area contributed by atoms with Crippen molar-refractivity contribution in [2.75, 3.05) is 7.11 Å². The van der Waals surface area contributed by atoms with Crippen LogP contribution in [0.4, 0.5) is 0 Å². The summed E-state index contributed by atoms with van der Waals surface area (Å²) in [6, 6.07) is 6.22. The van der Waals surface area contributed by atoms with Gasteiger partial charge in [0.1, 0.15) is 0 Å². The van der Waals surface area contributed by atoms with E-state index in [4.69, 9.17) is 4.74 Å². The van der Waals surface area contributed by atoms with Crippen LogP contribution in [0, 0.1) is 6.92 Å². The van der Waals surface area contributed by atoms with E-state index < -0.39 is 10.0 Å². The average Bonchev–Trinajstić information content (AvgIpc) is 2.29. The highest BCUT2D eigenvalue weighted by atomic mass is 32.2. The van der Waals surface area contributed by atoms with Crippen molar-refractivity contribution in [2.45, 2.75) is 38.2 Å². The second kappa shape index (κ2) is 7.25. The third-order valence-electron chi connectivity index (χ3n) is 2.15. The van der Waals surface area contributed by atoms with Crippen LogP contribution in [0.5, 0.6) is 0 Å². The molecule has 0 heterocycles. The highest BCUT2D eigenvalue weighted by Crippen LogP contribution is 2.08. The minimum absolute atomic E-state index is 0.0417. The van der Waals surface area contributed by atoms with Gasteiger partial charge in [-0.15, -0.1) is 0 Å². The number of nitrogens with one attached hydrogen (secondary N) is 1. The van der Waals surface area contributed by atoms with Crippen molar-refractivity contribution in [3.8, 4) is 0 Å². The van der Waals surface area contributed by atoms with Gasteiger partial charge in [0, 0.05) is 7.11 Å². The Kier molecular flexibility index (Phi) is 6.72. The van der Waals surface area contributed by atoms with E-state index in [0.717, 1.165) is 5.56 Å². The maximum absolute atomic E-state index is 11.2. The van der Waals surface area contributed by atoms with Crippen molar-refractivity contribution < 1.29 is 17.9 Å². The SMILES string of the molecule is COC(C)(C)C.Cc1ccc(S(=O)(=O)NC=O)cc1. The molecule has 0 bridgehead atoms. The monoisotopic (exact) mass is 287 g/mol. The summed E-state index contributed by atoms with van der Waals surface area (Å²) < 4.78 is 29.1. The highest BCUT2D eigenvalue weighted by molar-refractivity contribution is 7.90. The van der Waals surface area contributed by atoms with Crippen LogP contribution in [0.25, 0.3) is 0 Å². The molecule has 1 amide bonds. The summed E-state index contributed by atoms with van der Waals surface area (Å²) in [5.41, 5.74) is 1.00. The van der Waals surface area contributed by atoms with Gasteiger partial charge in [-0.05, 0) is 39.8 Å². The molecule has 0 unspecified atom stereocenters. The molecule has 0 spiro atoms. The molecule has 0 aliphatic heterocycles. The fourth-order valence-corrected chi connectivity index (χ4v) is 1.61. The van der Waals surface area contributed by atoms with Crippen molar-refractivity contribution in [3.63, 3.8) is 0 Å². The van der Waals surface area contributed by atoms with Gasteiger partial charge >= 0.3 is 0 Å². The highest BCUT2D eigenvalue weighted by Gasteiger charge is 2.11. The predicted molar refractivity (Wildman–Crippen MR) is 74.3 cm³/mol. The number of carbonyl (C=O) groups is 1. The van der Waals surface area contributed by atoms with Gasteiger partial charge in [-0.1, -0.05) is 17.7 Å². The molecule has 1 N–H and O–H groups in total. The Morgan fingerprint density at radius 2 is 1.58 bits per heavy atom. The largest absolute Gasteiger partial charge is 0.379 e. The summed E-state index contributed by atoms with van der Waals surface area (Å²) in [4.78, 5) is 10.1. The number of carbonyl (C=O) groups excluding carboxylic acids is 1. The second-order valence-electron chi connectivity index (χ2n) is 4.87. The van der Waals surface area contributed by atoms with Gasteiger partial charge in [-0.3, -0.25) is 9.52 Å². The standard InChI is InChI=1S/C8H9NO3S.C5H12O/c1-7-2-4-8(5-3-7)13(11,12)9-6-10;1-5(2,3)6-4/h2-6H,1H3,(H,9,10);1-4H3. The maximum atomic E-state index is 11.2. The van der Waals surface area contributed by atoms with Crippen molar-refractivity contribution in [3.05, 3.63) is 29.8 Å². The molecule has 0 aliphatic rings. The van der Waals surface area contributed by atoms with E-state index in [-0.39, 0.29) is 16.9 Å². The molecule has 0 radical (unpaired) electrons. The molecule has 1 aromatic rings. The lowest BCUT2D eigenvalue weighted by atomic mass is 10.2. The number of methoxy groups -OCH3 is 1. The van der Waals surface area contributed by atoms with Crippen LogP contribution in [0.3, 0.4) is 0 Å². The van der Waals surface area contributed by atoms with Gasteiger partial charge in [-0.25, -0.2) is 8.42 Å². The van der Waals surface area contributed by atoms with Crippen LogP contribution >= 0.6 is 0 Å². The molecule has 0 fully saturated rings. The van der Waals surface area contributed by atoms with E-state index in [2.05, 4.69) is 0 Å². The molecule has 1 aromatic carbocycles. The smallest absolute Gasteiger partial charge is 0.263 e. The number of hydrogen-bond donors (Lipinski definition) is 1. The summed E-state index contributed by atoms with van der Waals surface area (Å²) in [5, 5.41) is 0. The summed E-state index contributed by atoms with van der Waals surface area (Å²) in [6.07, 6.45) is 0.148. The minimum Gasteiger partial charge on any atom is -0.379 e. The first-order valence-electron chi connectivity index (χ1n) is 5.70. The number of rotatable bonds is 3. The Balaban J connectivity index is 0.000000459. The van der Waals surface area contributed by atoms with Crippen molar-refractivity contribution in [1.29, 1.82) is 0 Å². The van der Waals surface area contributed by atoms with E-state index >= 15 is 0 Å². The first-order valence-corrected chi connectivity index (χ1v) is 7.18. The number of benzene rings is 1. The lowest BCUT2D eigenvalue weighted by Crippen LogP contribution is -2.21. The molecule has 0 saturated heterocycles. The Morgan fingerprint density at radius 1 is 1.16 bits per heavy atom. The Morgan fingerprint density at radius 3 is 1.89 bits per heavy atom. The molecule has 0 aliphatic carbocycles. The van der Waals surface area contributed by atoms with Crippen LogP contribution < -0.4 is 4.72 Å². The zero-order valence-corrected chi connectivity index (χ0v) is 12.7. The van der Waals surface area contributed by atoms with E-state index in [1.54, 1.807) is 24.0 Å². The van der Waals surface area contributed by atoms with Crippen LogP contribution in [0.1, 0.15) is 26.3 Å². The van der Waals surface area contributed by atoms with Gasteiger partial charge in [0.15, 0.2) is 0 Å². The fourth-order valence-electron chi connectivity index (χ4n) is 0.849. The molecule has 0 atom stereocenters. The average molecular weight is 287 g/mol. The normalized spacial score (nSPS) is 11.2.